The predicted octanol–water partition coefficient (Wildman–Crippen LogP) is 3.85. The van der Waals surface area contributed by atoms with Gasteiger partial charge in [-0.15, -0.1) is 0 Å². The Balaban J connectivity index is 1.26. The SMILES string of the molecule is CCn1cc(-c2ccnc(Cc3ccc(OC4CN(CC(C)(C)O)C4)cc3)n2)c(-c2cccnc2)n1. The van der Waals surface area contributed by atoms with E-state index in [-0.39, 0.29) is 6.10 Å². The molecule has 36 heavy (non-hydrogen) atoms. The van der Waals surface area contributed by atoms with E-state index in [9.17, 15) is 5.11 Å². The lowest BCUT2D eigenvalue weighted by molar-refractivity contribution is -0.0363. The van der Waals surface area contributed by atoms with Crippen LogP contribution in [0.25, 0.3) is 22.5 Å². The Kier molecular flexibility index (Phi) is 6.80. The Bertz CT molecular complexity index is 1290. The number of ether oxygens (including phenoxy) is 1. The van der Waals surface area contributed by atoms with Crippen LogP contribution >= 0.6 is 0 Å². The van der Waals surface area contributed by atoms with Gasteiger partial charge in [0, 0.05) is 68.5 Å². The van der Waals surface area contributed by atoms with E-state index in [1.807, 2.05) is 67.5 Å². The van der Waals surface area contributed by atoms with Crippen LogP contribution in [0.1, 0.15) is 32.2 Å². The zero-order valence-corrected chi connectivity index (χ0v) is 21.0. The third kappa shape index (κ3) is 5.78. The molecule has 186 valence electrons. The van der Waals surface area contributed by atoms with E-state index < -0.39 is 5.60 Å². The topological polar surface area (TPSA) is 89.2 Å². The van der Waals surface area contributed by atoms with Crippen LogP contribution in [0.4, 0.5) is 0 Å². The molecular formula is C28H32N6O2. The normalized spacial score (nSPS) is 14.6. The first-order valence-electron chi connectivity index (χ1n) is 12.4. The number of rotatable bonds is 9. The lowest BCUT2D eigenvalue weighted by atomic mass is 10.1. The molecule has 5 rings (SSSR count). The van der Waals surface area contributed by atoms with Gasteiger partial charge in [0.2, 0.25) is 0 Å². The number of hydrogen-bond donors (Lipinski definition) is 1. The molecule has 1 N–H and O–H groups in total. The van der Waals surface area contributed by atoms with Gasteiger partial charge in [-0.2, -0.15) is 5.10 Å². The summed E-state index contributed by atoms with van der Waals surface area (Å²) in [4.78, 5) is 15.8. The van der Waals surface area contributed by atoms with Gasteiger partial charge >= 0.3 is 0 Å². The van der Waals surface area contributed by atoms with Crippen molar-refractivity contribution in [2.75, 3.05) is 19.6 Å². The van der Waals surface area contributed by atoms with E-state index in [4.69, 9.17) is 14.8 Å². The summed E-state index contributed by atoms with van der Waals surface area (Å²) in [5, 5.41) is 14.7. The van der Waals surface area contributed by atoms with Crippen LogP contribution in [0.5, 0.6) is 5.75 Å². The van der Waals surface area contributed by atoms with E-state index in [0.717, 1.165) is 59.3 Å². The molecule has 4 aromatic rings. The van der Waals surface area contributed by atoms with Crippen molar-refractivity contribution < 1.29 is 9.84 Å². The first-order valence-corrected chi connectivity index (χ1v) is 12.4. The van der Waals surface area contributed by atoms with Crippen molar-refractivity contribution in [1.29, 1.82) is 0 Å². The smallest absolute Gasteiger partial charge is 0.133 e. The highest BCUT2D eigenvalue weighted by Crippen LogP contribution is 2.29. The molecule has 0 bridgehead atoms. The van der Waals surface area contributed by atoms with Gasteiger partial charge in [0.25, 0.3) is 0 Å². The number of nitrogens with zero attached hydrogens (tertiary/aromatic N) is 6. The first kappa shape index (κ1) is 24.1. The predicted molar refractivity (Wildman–Crippen MR) is 139 cm³/mol. The number of aromatic nitrogens is 5. The van der Waals surface area contributed by atoms with Crippen LogP contribution in [0.2, 0.25) is 0 Å². The Morgan fingerprint density at radius 2 is 1.89 bits per heavy atom. The van der Waals surface area contributed by atoms with Crippen LogP contribution in [0, 0.1) is 0 Å². The molecule has 1 saturated heterocycles. The van der Waals surface area contributed by atoms with Crippen molar-refractivity contribution in [3.05, 3.63) is 78.6 Å². The Morgan fingerprint density at radius 3 is 2.58 bits per heavy atom. The van der Waals surface area contributed by atoms with Gasteiger partial charge in [0.05, 0.1) is 11.3 Å². The van der Waals surface area contributed by atoms with Crippen LogP contribution in [-0.2, 0) is 13.0 Å². The monoisotopic (exact) mass is 484 g/mol. The molecule has 8 nitrogen and oxygen atoms in total. The molecule has 0 amide bonds. The molecule has 0 radical (unpaired) electrons. The second kappa shape index (κ2) is 10.2. The summed E-state index contributed by atoms with van der Waals surface area (Å²) in [7, 11) is 0. The van der Waals surface area contributed by atoms with Gasteiger partial charge < -0.3 is 9.84 Å². The van der Waals surface area contributed by atoms with E-state index in [1.165, 1.54) is 0 Å². The van der Waals surface area contributed by atoms with Gasteiger partial charge in [-0.3, -0.25) is 14.6 Å². The molecule has 0 saturated carbocycles. The van der Waals surface area contributed by atoms with Gasteiger partial charge in [0.15, 0.2) is 0 Å². The molecule has 1 aromatic carbocycles. The van der Waals surface area contributed by atoms with Crippen molar-refractivity contribution in [2.45, 2.75) is 45.4 Å². The van der Waals surface area contributed by atoms with E-state index >= 15 is 0 Å². The summed E-state index contributed by atoms with van der Waals surface area (Å²) in [6.07, 6.45) is 8.22. The second-order valence-corrected chi connectivity index (χ2v) is 9.91. The number of likely N-dealkylation sites (tertiary alicyclic amines) is 1. The molecule has 0 unspecified atom stereocenters. The van der Waals surface area contributed by atoms with Crippen molar-refractivity contribution >= 4 is 0 Å². The molecule has 0 aliphatic carbocycles. The zero-order valence-electron chi connectivity index (χ0n) is 21.0. The molecule has 0 atom stereocenters. The van der Waals surface area contributed by atoms with Crippen molar-refractivity contribution in [3.8, 4) is 28.3 Å². The van der Waals surface area contributed by atoms with Crippen molar-refractivity contribution in [2.24, 2.45) is 0 Å². The minimum Gasteiger partial charge on any atom is -0.488 e. The van der Waals surface area contributed by atoms with Crippen LogP contribution in [-0.4, -0.2) is 66.1 Å². The Morgan fingerprint density at radius 1 is 1.08 bits per heavy atom. The maximum absolute atomic E-state index is 9.94. The summed E-state index contributed by atoms with van der Waals surface area (Å²) in [5.74, 6) is 1.61. The van der Waals surface area contributed by atoms with Gasteiger partial charge in [-0.05, 0) is 56.7 Å². The fourth-order valence-corrected chi connectivity index (χ4v) is 4.46. The molecule has 8 heteroatoms. The van der Waals surface area contributed by atoms with Crippen LogP contribution in [0.3, 0.4) is 0 Å². The van der Waals surface area contributed by atoms with E-state index in [0.29, 0.717) is 13.0 Å². The van der Waals surface area contributed by atoms with Crippen LogP contribution in [0.15, 0.2) is 67.3 Å². The van der Waals surface area contributed by atoms with Gasteiger partial charge in [-0.1, -0.05) is 12.1 Å². The summed E-state index contributed by atoms with van der Waals surface area (Å²) in [5.41, 5.74) is 4.09. The zero-order chi connectivity index (χ0) is 25.1. The maximum Gasteiger partial charge on any atom is 0.133 e. The third-order valence-electron chi connectivity index (χ3n) is 6.12. The highest BCUT2D eigenvalue weighted by atomic mass is 16.5. The summed E-state index contributed by atoms with van der Waals surface area (Å²) < 4.78 is 8.00. The molecule has 1 fully saturated rings. The summed E-state index contributed by atoms with van der Waals surface area (Å²) in [6.45, 7) is 8.84. The average Bonchev–Trinajstić information content (AvgIpc) is 3.29. The second-order valence-electron chi connectivity index (χ2n) is 9.91. The largest absolute Gasteiger partial charge is 0.488 e. The number of pyridine rings is 1. The number of aliphatic hydroxyl groups is 1. The average molecular weight is 485 g/mol. The summed E-state index contributed by atoms with van der Waals surface area (Å²) in [6, 6.07) is 14.0. The quantitative estimate of drug-likeness (QED) is 0.386. The fourth-order valence-electron chi connectivity index (χ4n) is 4.46. The number of β-amino-alcohol motifs (C(OH)–C–C–N with tert-alkyl or cyclic N) is 1. The van der Waals surface area contributed by atoms with Crippen molar-refractivity contribution in [1.82, 2.24) is 29.6 Å². The number of aryl methyl sites for hydroxylation is 1. The Labute approximate surface area is 211 Å². The first-order chi connectivity index (χ1) is 17.4. The van der Waals surface area contributed by atoms with E-state index in [2.05, 4.69) is 33.9 Å². The fraction of sp³-hybridized carbons (Fsp3) is 0.357. The summed E-state index contributed by atoms with van der Waals surface area (Å²) >= 11 is 0. The minimum atomic E-state index is -0.678. The standard InChI is InChI=1S/C28H32N6O2/c1-4-34-18-24(27(32-34)21-6-5-12-29-15-21)25-11-13-30-26(31-25)14-20-7-9-22(10-8-20)36-23-16-33(17-23)19-28(2,3)35/h5-13,15,18,23,35H,4,14,16-17,19H2,1-3H3. The van der Waals surface area contributed by atoms with E-state index in [1.54, 1.807) is 6.20 Å². The molecule has 3 aromatic heterocycles. The molecular weight excluding hydrogens is 452 g/mol. The number of hydrogen-bond acceptors (Lipinski definition) is 7. The van der Waals surface area contributed by atoms with Gasteiger partial charge in [-0.25, -0.2) is 9.97 Å². The highest BCUT2D eigenvalue weighted by Gasteiger charge is 2.31. The van der Waals surface area contributed by atoms with Crippen LogP contribution < -0.4 is 4.74 Å². The lowest BCUT2D eigenvalue weighted by Crippen LogP contribution is -2.57. The highest BCUT2D eigenvalue weighted by molar-refractivity contribution is 5.78. The molecule has 0 spiro atoms. The molecule has 1 aliphatic heterocycles. The van der Waals surface area contributed by atoms with Crippen molar-refractivity contribution in [3.63, 3.8) is 0 Å². The maximum atomic E-state index is 9.94. The van der Waals surface area contributed by atoms with Gasteiger partial charge in [0.1, 0.15) is 23.4 Å². The lowest BCUT2D eigenvalue weighted by Gasteiger charge is -2.41. The molecule has 4 heterocycles. The third-order valence-corrected chi connectivity index (χ3v) is 6.12. The minimum absolute atomic E-state index is 0.163. The number of benzene rings is 1. The Hall–Kier alpha value is -3.62. The molecule has 1 aliphatic rings.